The molecule has 1 aromatic heterocycles. The molecular formula is C22H29F2N5. The van der Waals surface area contributed by atoms with E-state index in [0.29, 0.717) is 12.6 Å². The van der Waals surface area contributed by atoms with Gasteiger partial charge in [0.15, 0.2) is 17.6 Å². The molecule has 0 bridgehead atoms. The highest BCUT2D eigenvalue weighted by Crippen LogP contribution is 2.19. The fourth-order valence-corrected chi connectivity index (χ4v) is 3.47. The van der Waals surface area contributed by atoms with Crippen LogP contribution in [0.5, 0.6) is 0 Å². The van der Waals surface area contributed by atoms with Crippen molar-refractivity contribution in [3.63, 3.8) is 0 Å². The molecule has 0 spiro atoms. The van der Waals surface area contributed by atoms with Gasteiger partial charge in [0, 0.05) is 38.9 Å². The predicted octanol–water partition coefficient (Wildman–Crippen LogP) is 3.61. The Kier molecular flexibility index (Phi) is 7.01. The van der Waals surface area contributed by atoms with Crippen molar-refractivity contribution in [1.82, 2.24) is 15.6 Å². The largest absolute Gasteiger partial charge is 0.356 e. The summed E-state index contributed by atoms with van der Waals surface area (Å²) in [6.07, 6.45) is 3.89. The molecule has 1 aliphatic heterocycles. The van der Waals surface area contributed by atoms with Crippen LogP contribution in [0.4, 0.5) is 14.6 Å². The fraction of sp³-hybridized carbons (Fsp3) is 0.455. The van der Waals surface area contributed by atoms with Crippen LogP contribution in [-0.2, 0) is 0 Å². The SMILES string of the molecule is CN=C(NCC(C)c1ccc(F)c(F)c1)NC1CCN(c2ccc(C)cn2)CC1. The summed E-state index contributed by atoms with van der Waals surface area (Å²) in [6, 6.07) is 8.55. The zero-order valence-corrected chi connectivity index (χ0v) is 17.3. The van der Waals surface area contributed by atoms with Crippen molar-refractivity contribution in [2.45, 2.75) is 38.6 Å². The summed E-state index contributed by atoms with van der Waals surface area (Å²) in [6.45, 7) is 6.47. The molecule has 0 radical (unpaired) electrons. The Morgan fingerprint density at radius 3 is 2.59 bits per heavy atom. The number of nitrogens with one attached hydrogen (secondary N) is 2. The van der Waals surface area contributed by atoms with Crippen molar-refractivity contribution < 1.29 is 8.78 Å². The Balaban J connectivity index is 1.46. The van der Waals surface area contributed by atoms with Gasteiger partial charge in [-0.1, -0.05) is 19.1 Å². The first-order chi connectivity index (χ1) is 14.0. The maximum Gasteiger partial charge on any atom is 0.191 e. The third-order valence-electron chi connectivity index (χ3n) is 5.37. The molecule has 1 fully saturated rings. The van der Waals surface area contributed by atoms with Crippen molar-refractivity contribution in [2.24, 2.45) is 4.99 Å². The zero-order valence-electron chi connectivity index (χ0n) is 17.3. The molecule has 1 aromatic carbocycles. The molecule has 29 heavy (non-hydrogen) atoms. The van der Waals surface area contributed by atoms with Gasteiger partial charge in [0.05, 0.1) is 0 Å². The summed E-state index contributed by atoms with van der Waals surface area (Å²) in [5.41, 5.74) is 1.92. The van der Waals surface area contributed by atoms with E-state index in [4.69, 9.17) is 0 Å². The third-order valence-corrected chi connectivity index (χ3v) is 5.37. The molecule has 156 valence electrons. The van der Waals surface area contributed by atoms with Gasteiger partial charge in [-0.15, -0.1) is 0 Å². The summed E-state index contributed by atoms with van der Waals surface area (Å²) >= 11 is 0. The number of anilines is 1. The second-order valence-electron chi connectivity index (χ2n) is 7.63. The number of rotatable bonds is 5. The standard InChI is InChI=1S/C22H29F2N5/c1-15-4-7-21(26-13-15)29-10-8-18(9-11-29)28-22(25-3)27-14-16(2)17-5-6-19(23)20(24)12-17/h4-7,12-13,16,18H,8-11,14H2,1-3H3,(H2,25,27,28). The Morgan fingerprint density at radius 1 is 1.21 bits per heavy atom. The normalized spacial score (nSPS) is 16.6. The maximum absolute atomic E-state index is 13.4. The van der Waals surface area contributed by atoms with Gasteiger partial charge in [0.2, 0.25) is 0 Å². The van der Waals surface area contributed by atoms with E-state index in [1.54, 1.807) is 13.1 Å². The molecule has 7 heteroatoms. The first-order valence-corrected chi connectivity index (χ1v) is 10.1. The van der Waals surface area contributed by atoms with E-state index in [1.165, 1.54) is 12.1 Å². The Hall–Kier alpha value is -2.70. The highest BCUT2D eigenvalue weighted by molar-refractivity contribution is 5.80. The van der Waals surface area contributed by atoms with Gasteiger partial charge in [0.1, 0.15) is 5.82 Å². The molecule has 0 amide bonds. The van der Waals surface area contributed by atoms with Crippen LogP contribution in [0.2, 0.25) is 0 Å². The van der Waals surface area contributed by atoms with E-state index in [9.17, 15) is 8.78 Å². The zero-order chi connectivity index (χ0) is 20.8. The molecule has 2 heterocycles. The van der Waals surface area contributed by atoms with Crippen LogP contribution in [0.1, 0.15) is 36.8 Å². The van der Waals surface area contributed by atoms with E-state index in [-0.39, 0.29) is 5.92 Å². The van der Waals surface area contributed by atoms with Gasteiger partial charge >= 0.3 is 0 Å². The summed E-state index contributed by atoms with van der Waals surface area (Å²) in [5, 5.41) is 6.77. The van der Waals surface area contributed by atoms with E-state index in [0.717, 1.165) is 48.8 Å². The number of aromatic nitrogens is 1. The van der Waals surface area contributed by atoms with Crippen molar-refractivity contribution in [3.05, 3.63) is 59.3 Å². The molecule has 1 aliphatic rings. The number of aliphatic imine (C=N–C) groups is 1. The molecule has 1 atom stereocenters. The average molecular weight is 402 g/mol. The van der Waals surface area contributed by atoms with E-state index < -0.39 is 11.6 Å². The highest BCUT2D eigenvalue weighted by Gasteiger charge is 2.21. The first kappa shape index (κ1) is 21.0. The topological polar surface area (TPSA) is 52.6 Å². The van der Waals surface area contributed by atoms with Crippen LogP contribution in [-0.4, -0.2) is 43.7 Å². The Morgan fingerprint density at radius 2 is 1.97 bits per heavy atom. The summed E-state index contributed by atoms with van der Waals surface area (Å²) < 4.78 is 26.6. The van der Waals surface area contributed by atoms with Crippen LogP contribution in [0.15, 0.2) is 41.5 Å². The van der Waals surface area contributed by atoms with Gasteiger partial charge in [0.25, 0.3) is 0 Å². The number of hydrogen-bond donors (Lipinski definition) is 2. The second-order valence-corrected chi connectivity index (χ2v) is 7.63. The highest BCUT2D eigenvalue weighted by atomic mass is 19.2. The molecule has 0 saturated carbocycles. The minimum absolute atomic E-state index is 0.0260. The van der Waals surface area contributed by atoms with E-state index in [1.807, 2.05) is 20.0 Å². The van der Waals surface area contributed by atoms with Gasteiger partial charge in [-0.2, -0.15) is 0 Å². The van der Waals surface area contributed by atoms with Crippen molar-refractivity contribution in [3.8, 4) is 0 Å². The summed E-state index contributed by atoms with van der Waals surface area (Å²) in [4.78, 5) is 11.1. The number of guanidine groups is 1. The number of piperidine rings is 1. The van der Waals surface area contributed by atoms with Crippen molar-refractivity contribution >= 4 is 11.8 Å². The summed E-state index contributed by atoms with van der Waals surface area (Å²) in [5.74, 6) is 0.145. The van der Waals surface area contributed by atoms with Crippen LogP contribution < -0.4 is 15.5 Å². The molecule has 2 aromatic rings. The smallest absolute Gasteiger partial charge is 0.191 e. The molecule has 5 nitrogen and oxygen atoms in total. The van der Waals surface area contributed by atoms with Crippen molar-refractivity contribution in [1.29, 1.82) is 0 Å². The fourth-order valence-electron chi connectivity index (χ4n) is 3.47. The second kappa shape index (κ2) is 9.67. The minimum Gasteiger partial charge on any atom is -0.356 e. The predicted molar refractivity (Wildman–Crippen MR) is 113 cm³/mol. The van der Waals surface area contributed by atoms with Gasteiger partial charge in [-0.3, -0.25) is 4.99 Å². The molecule has 2 N–H and O–H groups in total. The number of pyridine rings is 1. The number of hydrogen-bond acceptors (Lipinski definition) is 3. The lowest BCUT2D eigenvalue weighted by molar-refractivity contribution is 0.459. The quantitative estimate of drug-likeness (QED) is 0.594. The lowest BCUT2D eigenvalue weighted by Gasteiger charge is -2.34. The maximum atomic E-state index is 13.4. The minimum atomic E-state index is -0.821. The van der Waals surface area contributed by atoms with Crippen molar-refractivity contribution in [2.75, 3.05) is 31.6 Å². The molecular weight excluding hydrogens is 372 g/mol. The molecule has 3 rings (SSSR count). The van der Waals surface area contributed by atoms with E-state index >= 15 is 0 Å². The van der Waals surface area contributed by atoms with Crippen LogP contribution >= 0.6 is 0 Å². The van der Waals surface area contributed by atoms with Gasteiger partial charge < -0.3 is 15.5 Å². The third kappa shape index (κ3) is 5.65. The van der Waals surface area contributed by atoms with E-state index in [2.05, 4.69) is 37.6 Å². The summed E-state index contributed by atoms with van der Waals surface area (Å²) in [7, 11) is 1.74. The molecule has 1 unspecified atom stereocenters. The van der Waals surface area contributed by atoms with Gasteiger partial charge in [-0.05, 0) is 55.0 Å². The van der Waals surface area contributed by atoms with Crippen LogP contribution in [0.3, 0.4) is 0 Å². The molecule has 1 saturated heterocycles. The first-order valence-electron chi connectivity index (χ1n) is 10.1. The average Bonchev–Trinajstić information content (AvgIpc) is 2.74. The van der Waals surface area contributed by atoms with Crippen LogP contribution in [0.25, 0.3) is 0 Å². The number of benzene rings is 1. The Labute approximate surface area is 171 Å². The monoisotopic (exact) mass is 401 g/mol. The lowest BCUT2D eigenvalue weighted by atomic mass is 10.0. The lowest BCUT2D eigenvalue weighted by Crippen LogP contribution is -2.49. The molecule has 0 aliphatic carbocycles. The Bertz CT molecular complexity index is 830. The number of halogens is 2. The van der Waals surface area contributed by atoms with Crippen LogP contribution in [0, 0.1) is 18.6 Å². The number of nitrogens with zero attached hydrogens (tertiary/aromatic N) is 3. The van der Waals surface area contributed by atoms with Gasteiger partial charge in [-0.25, -0.2) is 13.8 Å². The number of aryl methyl sites for hydroxylation is 1.